The van der Waals surface area contributed by atoms with E-state index < -0.39 is 0 Å². The molecule has 188 valence electrons. The molecule has 0 aliphatic heterocycles. The van der Waals surface area contributed by atoms with Gasteiger partial charge in [-0.2, -0.15) is 0 Å². The van der Waals surface area contributed by atoms with Gasteiger partial charge in [0.25, 0.3) is 5.56 Å². The summed E-state index contributed by atoms with van der Waals surface area (Å²) in [4.78, 5) is 25.7. The number of ether oxygens (including phenoxy) is 1. The van der Waals surface area contributed by atoms with Gasteiger partial charge in [-0.05, 0) is 50.1 Å². The van der Waals surface area contributed by atoms with Crippen molar-refractivity contribution < 1.29 is 9.53 Å². The number of aromatic nitrogens is 5. The molecule has 1 amide bonds. The second kappa shape index (κ2) is 10.9. The lowest BCUT2D eigenvalue weighted by Gasteiger charge is -2.14. The highest BCUT2D eigenvalue weighted by atomic mass is 32.2. The molecule has 2 aromatic carbocycles. The number of aryl methyl sites for hydroxylation is 1. The monoisotopic (exact) mass is 506 g/mol. The number of thioether (sulfide) groups is 1. The van der Waals surface area contributed by atoms with Crippen LogP contribution in [0.15, 0.2) is 64.5 Å². The molecule has 2 aromatic heterocycles. The highest BCUT2D eigenvalue weighted by molar-refractivity contribution is 7.99. The van der Waals surface area contributed by atoms with Crippen LogP contribution in [0.5, 0.6) is 5.75 Å². The van der Waals surface area contributed by atoms with E-state index in [1.807, 2.05) is 73.1 Å². The van der Waals surface area contributed by atoms with E-state index >= 15 is 0 Å². The van der Waals surface area contributed by atoms with E-state index in [0.717, 1.165) is 17.9 Å². The summed E-state index contributed by atoms with van der Waals surface area (Å²) in [6, 6.07) is 17.3. The minimum Gasteiger partial charge on any atom is -0.483 e. The predicted molar refractivity (Wildman–Crippen MR) is 141 cm³/mol. The zero-order valence-electron chi connectivity index (χ0n) is 21.1. The van der Waals surface area contributed by atoms with Gasteiger partial charge in [-0.3, -0.25) is 14.3 Å². The fourth-order valence-electron chi connectivity index (χ4n) is 3.88. The molecule has 0 bridgehead atoms. The molecule has 0 aliphatic rings. The summed E-state index contributed by atoms with van der Waals surface area (Å²) >= 11 is 1.25. The molecular weight excluding hydrogens is 476 g/mol. The summed E-state index contributed by atoms with van der Waals surface area (Å²) < 4.78 is 11.1. The third-order valence-corrected chi connectivity index (χ3v) is 7.05. The molecule has 0 spiro atoms. The Hall–Kier alpha value is -3.79. The Morgan fingerprint density at radius 1 is 1.08 bits per heavy atom. The van der Waals surface area contributed by atoms with Gasteiger partial charge in [0.15, 0.2) is 17.1 Å². The van der Waals surface area contributed by atoms with Crippen LogP contribution in [0.1, 0.15) is 37.0 Å². The van der Waals surface area contributed by atoms with E-state index in [1.165, 1.54) is 22.0 Å². The molecule has 1 atom stereocenters. The van der Waals surface area contributed by atoms with Gasteiger partial charge < -0.3 is 14.6 Å². The first kappa shape index (κ1) is 25.3. The van der Waals surface area contributed by atoms with Crippen LogP contribution in [-0.2, 0) is 25.3 Å². The summed E-state index contributed by atoms with van der Waals surface area (Å²) in [6.45, 7) is 5.82. The maximum absolute atomic E-state index is 13.0. The van der Waals surface area contributed by atoms with Gasteiger partial charge in [0, 0.05) is 14.1 Å². The second-order valence-corrected chi connectivity index (χ2v) is 9.37. The van der Waals surface area contributed by atoms with Crippen molar-refractivity contribution in [1.29, 1.82) is 0 Å². The zero-order valence-corrected chi connectivity index (χ0v) is 21.9. The van der Waals surface area contributed by atoms with E-state index in [9.17, 15) is 9.59 Å². The van der Waals surface area contributed by atoms with Crippen molar-refractivity contribution in [2.75, 3.05) is 11.1 Å². The number of nitrogens with zero attached hydrogens (tertiary/aromatic N) is 5. The normalized spacial score (nSPS) is 11.9. The van der Waals surface area contributed by atoms with E-state index in [4.69, 9.17) is 4.74 Å². The Bertz CT molecular complexity index is 1410. The molecule has 2 heterocycles. The molecule has 36 heavy (non-hydrogen) atoms. The maximum atomic E-state index is 13.0. The Labute approximate surface area is 214 Å². The van der Waals surface area contributed by atoms with Crippen molar-refractivity contribution in [2.24, 2.45) is 14.1 Å². The van der Waals surface area contributed by atoms with Gasteiger partial charge in [-0.1, -0.05) is 49.0 Å². The number of benzene rings is 2. The van der Waals surface area contributed by atoms with Crippen LogP contribution in [0.2, 0.25) is 0 Å². The van der Waals surface area contributed by atoms with Crippen molar-refractivity contribution in [3.63, 3.8) is 0 Å². The van der Waals surface area contributed by atoms with Crippen LogP contribution in [0.4, 0.5) is 5.69 Å². The molecule has 9 nitrogen and oxygen atoms in total. The largest absolute Gasteiger partial charge is 0.483 e. The second-order valence-electron chi connectivity index (χ2n) is 8.43. The van der Waals surface area contributed by atoms with Crippen LogP contribution in [0, 0.1) is 6.92 Å². The molecule has 0 fully saturated rings. The number of hydrogen-bond acceptors (Lipinski definition) is 6. The minimum atomic E-state index is -0.318. The molecule has 4 rings (SSSR count). The third kappa shape index (κ3) is 5.23. The number of para-hydroxylation sites is 1. The van der Waals surface area contributed by atoms with Crippen LogP contribution in [0.25, 0.3) is 5.69 Å². The van der Waals surface area contributed by atoms with E-state index in [0.29, 0.717) is 16.7 Å². The Morgan fingerprint density at radius 2 is 1.78 bits per heavy atom. The summed E-state index contributed by atoms with van der Waals surface area (Å²) in [5, 5.41) is 11.8. The average Bonchev–Trinajstić information content (AvgIpc) is 3.35. The van der Waals surface area contributed by atoms with Gasteiger partial charge in [0.1, 0.15) is 11.4 Å². The predicted octanol–water partition coefficient (Wildman–Crippen LogP) is 4.05. The van der Waals surface area contributed by atoms with E-state index in [-0.39, 0.29) is 29.0 Å². The lowest BCUT2D eigenvalue weighted by molar-refractivity contribution is -0.113. The Morgan fingerprint density at radius 3 is 2.44 bits per heavy atom. The Balaban J connectivity index is 1.40. The smallest absolute Gasteiger partial charge is 0.295 e. The van der Waals surface area contributed by atoms with Crippen LogP contribution < -0.4 is 15.6 Å². The molecule has 10 heteroatoms. The summed E-state index contributed by atoms with van der Waals surface area (Å²) in [7, 11) is 3.63. The van der Waals surface area contributed by atoms with E-state index in [1.54, 1.807) is 18.7 Å². The molecule has 0 aliphatic carbocycles. The number of carbonyl (C=O) groups is 1. The number of anilines is 1. The number of amides is 1. The molecule has 1 N–H and O–H groups in total. The fourth-order valence-corrected chi connectivity index (χ4v) is 4.60. The van der Waals surface area contributed by atoms with Gasteiger partial charge in [-0.25, -0.2) is 4.68 Å². The zero-order chi connectivity index (χ0) is 25.8. The lowest BCUT2D eigenvalue weighted by atomic mass is 10.2. The molecular formula is C26H30N6O3S. The molecule has 0 radical (unpaired) electrons. The standard InChI is InChI=1S/C26H30N6O3S/c1-6-19-12-14-21(15-13-19)35-18(3)24-28-29-26(30(24)4)36-16-22(33)27-23-17(2)31(5)32(25(23)34)20-10-8-7-9-11-20/h7-15,18H,6,16H2,1-5H3,(H,27,33). The number of carbonyl (C=O) groups excluding carboxylic acids is 1. The van der Waals surface area contributed by atoms with Gasteiger partial charge in [-0.15, -0.1) is 10.2 Å². The van der Waals surface area contributed by atoms with Crippen molar-refractivity contribution >= 4 is 23.4 Å². The number of hydrogen-bond donors (Lipinski definition) is 1. The first-order valence-corrected chi connectivity index (χ1v) is 12.7. The van der Waals surface area contributed by atoms with Crippen LogP contribution in [-0.4, -0.2) is 35.8 Å². The fraction of sp³-hybridized carbons (Fsp3) is 0.308. The van der Waals surface area contributed by atoms with Crippen molar-refractivity contribution in [1.82, 2.24) is 24.1 Å². The number of nitrogens with one attached hydrogen (secondary N) is 1. The summed E-state index contributed by atoms with van der Waals surface area (Å²) in [5.41, 5.74) is 2.63. The maximum Gasteiger partial charge on any atom is 0.295 e. The average molecular weight is 507 g/mol. The van der Waals surface area contributed by atoms with Crippen LogP contribution in [0.3, 0.4) is 0 Å². The topological polar surface area (TPSA) is 96.0 Å². The first-order valence-electron chi connectivity index (χ1n) is 11.7. The van der Waals surface area contributed by atoms with Crippen LogP contribution >= 0.6 is 11.8 Å². The van der Waals surface area contributed by atoms with Crippen molar-refractivity contribution in [3.8, 4) is 11.4 Å². The number of rotatable bonds is 9. The van der Waals surface area contributed by atoms with Gasteiger partial charge in [0.05, 0.1) is 17.1 Å². The van der Waals surface area contributed by atoms with E-state index in [2.05, 4.69) is 22.4 Å². The highest BCUT2D eigenvalue weighted by Crippen LogP contribution is 2.24. The van der Waals surface area contributed by atoms with Gasteiger partial charge >= 0.3 is 0 Å². The summed E-state index contributed by atoms with van der Waals surface area (Å²) in [6.07, 6.45) is 0.655. The van der Waals surface area contributed by atoms with Gasteiger partial charge in [0.2, 0.25) is 5.91 Å². The molecule has 1 unspecified atom stereocenters. The molecule has 0 saturated heterocycles. The SMILES string of the molecule is CCc1ccc(OC(C)c2nnc(SCC(=O)Nc3c(C)n(C)n(-c4ccccc4)c3=O)n2C)cc1. The third-order valence-electron chi connectivity index (χ3n) is 6.03. The molecule has 0 saturated carbocycles. The quantitative estimate of drug-likeness (QED) is 0.344. The minimum absolute atomic E-state index is 0.0821. The molecule has 4 aromatic rings. The highest BCUT2D eigenvalue weighted by Gasteiger charge is 2.20. The first-order chi connectivity index (χ1) is 17.3. The van der Waals surface area contributed by atoms with Crippen molar-refractivity contribution in [3.05, 3.63) is 82.0 Å². The van der Waals surface area contributed by atoms with Crippen molar-refractivity contribution in [2.45, 2.75) is 38.5 Å². The Kier molecular flexibility index (Phi) is 7.64. The lowest BCUT2D eigenvalue weighted by Crippen LogP contribution is -2.23. The summed E-state index contributed by atoms with van der Waals surface area (Å²) in [5.74, 6) is 1.20.